The minimum atomic E-state index is -0.862. The smallest absolute Gasteiger partial charge is 0.335 e. The number of aromatic carboxylic acids is 1. The standard InChI is InChI=1S/C19H31N3O2/c23-19(24)18-8-6-17(7-9-18)16-22-14-4-2-1-3-10-20-11-5-12-21-13-15-22/h6-9,20-21H,1-5,10-16H2,(H,23,24). The summed E-state index contributed by atoms with van der Waals surface area (Å²) < 4.78 is 0. The molecule has 5 nitrogen and oxygen atoms in total. The first-order chi connectivity index (χ1) is 11.8. The largest absolute Gasteiger partial charge is 0.478 e. The molecule has 2 rings (SSSR count). The van der Waals surface area contributed by atoms with Gasteiger partial charge in [-0.2, -0.15) is 0 Å². The van der Waals surface area contributed by atoms with Crippen molar-refractivity contribution in [3.05, 3.63) is 35.4 Å². The predicted octanol–water partition coefficient (Wildman–Crippen LogP) is 2.33. The molecule has 0 bridgehead atoms. The fourth-order valence-corrected chi connectivity index (χ4v) is 3.05. The van der Waals surface area contributed by atoms with Crippen LogP contribution in [0.3, 0.4) is 0 Å². The molecule has 0 saturated carbocycles. The van der Waals surface area contributed by atoms with Gasteiger partial charge in [0.2, 0.25) is 0 Å². The number of benzene rings is 1. The lowest BCUT2D eigenvalue weighted by Crippen LogP contribution is -2.34. The Kier molecular flexibility index (Phi) is 8.81. The van der Waals surface area contributed by atoms with Crippen LogP contribution in [-0.2, 0) is 6.54 Å². The lowest BCUT2D eigenvalue weighted by Gasteiger charge is -2.23. The monoisotopic (exact) mass is 333 g/mol. The molecule has 0 aromatic heterocycles. The van der Waals surface area contributed by atoms with E-state index in [1.807, 2.05) is 12.1 Å². The molecule has 0 spiro atoms. The summed E-state index contributed by atoms with van der Waals surface area (Å²) in [5.74, 6) is -0.862. The lowest BCUT2D eigenvalue weighted by atomic mass is 10.1. The minimum Gasteiger partial charge on any atom is -0.478 e. The van der Waals surface area contributed by atoms with Gasteiger partial charge in [0.1, 0.15) is 0 Å². The highest BCUT2D eigenvalue weighted by Gasteiger charge is 2.08. The molecule has 1 aromatic rings. The topological polar surface area (TPSA) is 64.6 Å². The molecule has 0 atom stereocenters. The molecule has 0 radical (unpaired) electrons. The van der Waals surface area contributed by atoms with Gasteiger partial charge in [0, 0.05) is 19.6 Å². The van der Waals surface area contributed by atoms with Crippen LogP contribution in [0.4, 0.5) is 0 Å². The molecule has 0 unspecified atom stereocenters. The zero-order chi connectivity index (χ0) is 17.0. The van der Waals surface area contributed by atoms with Crippen LogP contribution < -0.4 is 10.6 Å². The fourth-order valence-electron chi connectivity index (χ4n) is 3.05. The Bertz CT molecular complexity index is 462. The van der Waals surface area contributed by atoms with Gasteiger partial charge in [-0.3, -0.25) is 4.90 Å². The Morgan fingerprint density at radius 1 is 0.875 bits per heavy atom. The number of carboxylic acids is 1. The van der Waals surface area contributed by atoms with E-state index in [4.69, 9.17) is 5.11 Å². The molecule has 0 aliphatic carbocycles. The van der Waals surface area contributed by atoms with Gasteiger partial charge in [-0.1, -0.05) is 25.0 Å². The van der Waals surface area contributed by atoms with Gasteiger partial charge in [-0.05, 0) is 63.1 Å². The van der Waals surface area contributed by atoms with E-state index < -0.39 is 5.97 Å². The molecule has 1 heterocycles. The molecule has 1 aliphatic rings. The van der Waals surface area contributed by atoms with E-state index in [0.29, 0.717) is 5.56 Å². The number of hydrogen-bond acceptors (Lipinski definition) is 4. The summed E-state index contributed by atoms with van der Waals surface area (Å²) in [5.41, 5.74) is 1.54. The van der Waals surface area contributed by atoms with Crippen LogP contribution in [0.25, 0.3) is 0 Å². The van der Waals surface area contributed by atoms with Crippen molar-refractivity contribution < 1.29 is 9.90 Å². The van der Waals surface area contributed by atoms with Crippen molar-refractivity contribution in [3.8, 4) is 0 Å². The molecule has 134 valence electrons. The van der Waals surface area contributed by atoms with Crippen LogP contribution in [0.15, 0.2) is 24.3 Å². The van der Waals surface area contributed by atoms with Crippen molar-refractivity contribution in [2.75, 3.05) is 39.3 Å². The Morgan fingerprint density at radius 2 is 1.54 bits per heavy atom. The summed E-state index contributed by atoms with van der Waals surface area (Å²) in [6.45, 7) is 7.35. The maximum absolute atomic E-state index is 10.9. The van der Waals surface area contributed by atoms with E-state index in [2.05, 4.69) is 15.5 Å². The van der Waals surface area contributed by atoms with E-state index in [1.54, 1.807) is 12.1 Å². The van der Waals surface area contributed by atoms with Gasteiger partial charge in [0.25, 0.3) is 0 Å². The van der Waals surface area contributed by atoms with Crippen molar-refractivity contribution in [1.29, 1.82) is 0 Å². The van der Waals surface area contributed by atoms with Crippen LogP contribution in [-0.4, -0.2) is 55.2 Å². The number of hydrogen-bond donors (Lipinski definition) is 3. The van der Waals surface area contributed by atoms with Crippen molar-refractivity contribution in [1.82, 2.24) is 15.5 Å². The highest BCUT2D eigenvalue weighted by Crippen LogP contribution is 2.09. The average Bonchev–Trinajstić information content (AvgIpc) is 2.58. The molecule has 1 saturated heterocycles. The second kappa shape index (κ2) is 11.2. The SMILES string of the molecule is O=C(O)c1ccc(CN2CCCCCCNCCCNCC2)cc1. The number of carbonyl (C=O) groups is 1. The average molecular weight is 333 g/mol. The molecule has 0 amide bonds. The highest BCUT2D eigenvalue weighted by atomic mass is 16.4. The zero-order valence-corrected chi connectivity index (χ0v) is 14.6. The minimum absolute atomic E-state index is 0.357. The third-order valence-corrected chi connectivity index (χ3v) is 4.50. The molecule has 1 fully saturated rings. The summed E-state index contributed by atoms with van der Waals surface area (Å²) >= 11 is 0. The van der Waals surface area contributed by atoms with E-state index >= 15 is 0 Å². The Morgan fingerprint density at radius 3 is 2.29 bits per heavy atom. The van der Waals surface area contributed by atoms with E-state index in [9.17, 15) is 4.79 Å². The summed E-state index contributed by atoms with van der Waals surface area (Å²) in [6.07, 6.45) is 6.25. The normalized spacial score (nSPS) is 19.5. The van der Waals surface area contributed by atoms with Crippen LogP contribution >= 0.6 is 0 Å². The Hall–Kier alpha value is -1.43. The maximum Gasteiger partial charge on any atom is 0.335 e. The van der Waals surface area contributed by atoms with E-state index in [-0.39, 0.29) is 0 Å². The van der Waals surface area contributed by atoms with Gasteiger partial charge in [0.15, 0.2) is 0 Å². The van der Waals surface area contributed by atoms with E-state index in [1.165, 1.54) is 37.7 Å². The molecular weight excluding hydrogens is 302 g/mol. The first-order valence-corrected chi connectivity index (χ1v) is 9.22. The quantitative estimate of drug-likeness (QED) is 0.792. The first-order valence-electron chi connectivity index (χ1n) is 9.22. The van der Waals surface area contributed by atoms with Gasteiger partial charge in [-0.15, -0.1) is 0 Å². The van der Waals surface area contributed by atoms with Gasteiger partial charge >= 0.3 is 5.97 Å². The molecule has 5 heteroatoms. The fraction of sp³-hybridized carbons (Fsp3) is 0.632. The summed E-state index contributed by atoms with van der Waals surface area (Å²) in [6, 6.07) is 7.28. The zero-order valence-electron chi connectivity index (χ0n) is 14.6. The van der Waals surface area contributed by atoms with Crippen LogP contribution in [0.5, 0.6) is 0 Å². The van der Waals surface area contributed by atoms with Gasteiger partial charge < -0.3 is 15.7 Å². The van der Waals surface area contributed by atoms with Gasteiger partial charge in [-0.25, -0.2) is 4.79 Å². The van der Waals surface area contributed by atoms with Crippen LogP contribution in [0, 0.1) is 0 Å². The first kappa shape index (κ1) is 18.9. The molecule has 24 heavy (non-hydrogen) atoms. The molecule has 3 N–H and O–H groups in total. The number of rotatable bonds is 3. The van der Waals surface area contributed by atoms with Gasteiger partial charge in [0.05, 0.1) is 5.56 Å². The summed E-state index contributed by atoms with van der Waals surface area (Å²) in [5, 5.41) is 16.0. The van der Waals surface area contributed by atoms with Crippen molar-refractivity contribution in [2.24, 2.45) is 0 Å². The number of nitrogens with one attached hydrogen (secondary N) is 2. The second-order valence-electron chi connectivity index (χ2n) is 6.55. The van der Waals surface area contributed by atoms with Crippen LogP contribution in [0.2, 0.25) is 0 Å². The third-order valence-electron chi connectivity index (χ3n) is 4.50. The lowest BCUT2D eigenvalue weighted by molar-refractivity contribution is 0.0697. The highest BCUT2D eigenvalue weighted by molar-refractivity contribution is 5.87. The number of nitrogens with zero attached hydrogens (tertiary/aromatic N) is 1. The second-order valence-corrected chi connectivity index (χ2v) is 6.55. The van der Waals surface area contributed by atoms with Crippen LogP contribution in [0.1, 0.15) is 48.0 Å². The Balaban J connectivity index is 1.85. The third kappa shape index (κ3) is 7.43. The summed E-state index contributed by atoms with van der Waals surface area (Å²) in [7, 11) is 0. The predicted molar refractivity (Wildman–Crippen MR) is 97.5 cm³/mol. The number of carboxylic acid groups (broad SMARTS) is 1. The molecular formula is C19H31N3O2. The molecule has 1 aromatic carbocycles. The summed E-state index contributed by atoms with van der Waals surface area (Å²) in [4.78, 5) is 13.4. The van der Waals surface area contributed by atoms with E-state index in [0.717, 1.165) is 45.8 Å². The molecule has 1 aliphatic heterocycles. The van der Waals surface area contributed by atoms with Crippen molar-refractivity contribution >= 4 is 5.97 Å². The van der Waals surface area contributed by atoms with Crippen molar-refractivity contribution in [3.63, 3.8) is 0 Å². The maximum atomic E-state index is 10.9. The Labute approximate surface area is 145 Å². The van der Waals surface area contributed by atoms with Crippen molar-refractivity contribution in [2.45, 2.75) is 38.6 Å².